The molecule has 2 aliphatic heterocycles. The van der Waals surface area contributed by atoms with E-state index < -0.39 is 132 Å². The van der Waals surface area contributed by atoms with Gasteiger partial charge in [-0.3, -0.25) is 67.7 Å². The third kappa shape index (κ3) is 25.1. The second kappa shape index (κ2) is 40.3. The third-order valence-electron chi connectivity index (χ3n) is 18.0. The number of guanidine groups is 1. The molecule has 0 aliphatic carbocycles. The predicted octanol–water partition coefficient (Wildman–Crippen LogP) is 1.53. The van der Waals surface area contributed by atoms with Crippen LogP contribution in [0.25, 0.3) is 10.8 Å². The number of primary amides is 1. The first-order chi connectivity index (χ1) is 50.9. The van der Waals surface area contributed by atoms with Crippen LogP contribution in [0.3, 0.4) is 0 Å². The molecule has 8 rings (SSSR count). The Labute approximate surface area is 620 Å². The Morgan fingerprint density at radius 2 is 1.05 bits per heavy atom. The number of nitrogens with zero attached hydrogens (tertiary/aromatic N) is 4. The van der Waals surface area contributed by atoms with Crippen LogP contribution < -0.4 is 64.2 Å². The molecule has 10 atom stereocenters. The van der Waals surface area contributed by atoms with E-state index >= 15 is 9.59 Å². The summed E-state index contributed by atoms with van der Waals surface area (Å²) < 4.78 is 0. The van der Waals surface area contributed by atoms with Gasteiger partial charge in [0, 0.05) is 95.0 Å². The number of aromatic nitrogens is 2. The molecular weight excluding hydrogens is 1380 g/mol. The van der Waals surface area contributed by atoms with Crippen molar-refractivity contribution in [3.05, 3.63) is 173 Å². The highest BCUT2D eigenvalue weighted by Crippen LogP contribution is 2.23. The normalized spacial score (nSPS) is 15.9. The zero-order valence-electron chi connectivity index (χ0n) is 59.8. The number of phenols is 1. The van der Waals surface area contributed by atoms with Crippen LogP contribution in [0.4, 0.5) is 0 Å². The second-order valence-corrected chi connectivity index (χ2v) is 27.4. The number of pyridine rings is 2. The van der Waals surface area contributed by atoms with Crippen molar-refractivity contribution < 1.29 is 63.0 Å². The maximum Gasteiger partial charge on any atom is 0.245 e. The zero-order chi connectivity index (χ0) is 76.2. The van der Waals surface area contributed by atoms with Crippen LogP contribution in [0.5, 0.6) is 5.75 Å². The van der Waals surface area contributed by atoms with E-state index in [1.165, 1.54) is 67.8 Å². The van der Waals surface area contributed by atoms with Gasteiger partial charge in [0.25, 0.3) is 0 Å². The molecule has 4 heterocycles. The summed E-state index contributed by atoms with van der Waals surface area (Å²) in [5.74, 6) is -8.33. The predicted molar refractivity (Wildman–Crippen MR) is 396 cm³/mol. The number of aromatic hydroxyl groups is 1. The van der Waals surface area contributed by atoms with Crippen LogP contribution >= 0.6 is 11.6 Å². The smallest absolute Gasteiger partial charge is 0.245 e. The number of nitrogens with two attached hydrogens (primary N) is 1. The number of unbranched alkanes of at least 4 members (excludes halogenated alkanes) is 1. The lowest BCUT2D eigenvalue weighted by molar-refractivity contribution is -0.142. The zero-order valence-corrected chi connectivity index (χ0v) is 60.5. The van der Waals surface area contributed by atoms with Crippen molar-refractivity contribution in [3.8, 4) is 5.75 Å². The van der Waals surface area contributed by atoms with Gasteiger partial charge in [0.05, 0.1) is 6.61 Å². The van der Waals surface area contributed by atoms with E-state index in [4.69, 9.17) is 17.3 Å². The number of rotatable bonds is 37. The molecule has 2 aromatic heterocycles. The average Bonchev–Trinajstić information content (AvgIpc) is 1.68. The molecule has 0 bridgehead atoms. The topological polar surface area (TPSA) is 428 Å². The summed E-state index contributed by atoms with van der Waals surface area (Å²) >= 11 is 6.25. The molecule has 0 saturated carbocycles. The van der Waals surface area contributed by atoms with Gasteiger partial charge in [0.1, 0.15) is 66.2 Å². The van der Waals surface area contributed by atoms with Crippen molar-refractivity contribution >= 4 is 93.3 Å². The number of likely N-dealkylation sites (tertiary alicyclic amines) is 1. The molecule has 4 aromatic carbocycles. The molecule has 0 radical (unpaired) electrons. The number of carbonyl (C=O) groups excluding carboxylic acids is 11. The molecule has 2 aliphatic rings. The summed E-state index contributed by atoms with van der Waals surface area (Å²) in [6.45, 7) is 7.38. The van der Waals surface area contributed by atoms with E-state index in [9.17, 15) is 53.4 Å². The molecule has 6 aromatic rings. The van der Waals surface area contributed by atoms with Crippen LogP contribution in [0.15, 0.2) is 145 Å². The molecule has 1 fully saturated rings. The van der Waals surface area contributed by atoms with Gasteiger partial charge >= 0.3 is 0 Å². The highest BCUT2D eigenvalue weighted by molar-refractivity contribution is 6.30. The Hall–Kier alpha value is -11.1. The maximum absolute atomic E-state index is 15.1. The number of aliphatic imine (C=N–C) groups is 1. The monoisotopic (exact) mass is 1470 g/mol. The lowest BCUT2D eigenvalue weighted by Crippen LogP contribution is -2.62. The molecule has 15 N–H and O–H groups in total. The first-order valence-corrected chi connectivity index (χ1v) is 36.0. The van der Waals surface area contributed by atoms with Crippen LogP contribution in [0.1, 0.15) is 100 Å². The average molecular weight is 1480 g/mol. The van der Waals surface area contributed by atoms with Gasteiger partial charge < -0.3 is 79.3 Å². The molecule has 0 spiro atoms. The van der Waals surface area contributed by atoms with E-state index in [-0.39, 0.29) is 69.6 Å². The minimum Gasteiger partial charge on any atom is -0.508 e. The quantitative estimate of drug-likeness (QED) is 0.0246. The molecule has 1 saturated heterocycles. The Morgan fingerprint density at radius 3 is 1.57 bits per heavy atom. The van der Waals surface area contributed by atoms with E-state index in [0.29, 0.717) is 71.2 Å². The number of nitrogens with one attached hydrogen (secondary N) is 11. The fraction of sp³-hybridized carbons (Fsp3) is 0.421. The van der Waals surface area contributed by atoms with E-state index in [1.54, 1.807) is 48.5 Å². The summed E-state index contributed by atoms with van der Waals surface area (Å²) in [7, 11) is 0. The first kappa shape index (κ1) is 80.6. The number of amides is 11. The van der Waals surface area contributed by atoms with Gasteiger partial charge in [-0.05, 0) is 133 Å². The van der Waals surface area contributed by atoms with Crippen molar-refractivity contribution in [3.63, 3.8) is 0 Å². The summed E-state index contributed by atoms with van der Waals surface area (Å²) in [5.41, 5.74) is 8.04. The summed E-state index contributed by atoms with van der Waals surface area (Å²) in [5, 5.41) is 54.4. The number of carbonyl (C=O) groups is 11. The first-order valence-electron chi connectivity index (χ1n) is 35.6. The fourth-order valence-electron chi connectivity index (χ4n) is 12.4. The Bertz CT molecular complexity index is 4040. The number of phenolic OH excluding ortho intramolecular Hbond substituents is 1. The number of hydrogen-bond donors (Lipinski definition) is 14. The molecule has 106 heavy (non-hydrogen) atoms. The van der Waals surface area contributed by atoms with Gasteiger partial charge in [-0.15, -0.1) is 0 Å². The molecular formula is C76H95ClN16O13. The summed E-state index contributed by atoms with van der Waals surface area (Å²) in [6.07, 6.45) is 7.86. The van der Waals surface area contributed by atoms with Crippen LogP contribution in [-0.4, -0.2) is 189 Å². The van der Waals surface area contributed by atoms with Crippen molar-refractivity contribution in [2.45, 2.75) is 165 Å². The van der Waals surface area contributed by atoms with E-state index in [1.807, 2.05) is 56.3 Å². The van der Waals surface area contributed by atoms with Crippen molar-refractivity contribution in [1.29, 1.82) is 0 Å². The third-order valence-corrected chi connectivity index (χ3v) is 18.3. The lowest BCUT2D eigenvalue weighted by atomic mass is 9.99. The standard InChI is InChI=1S/C76H95ClN16O13/c1-45(2)35-58(67(98)86-57(17-7-8-31-81-76-82-32-12-33-83-76)75(106)93-34-11-18-65(93)74(105)84-46(3)66(78)97)87-71(102)62(40-51-13-9-29-79-42-51)89-70(101)61(38-49-22-27-56(96)28-23-49)91-73(104)64(44-94)92-72(103)63(41-52-14-10-30-80-43-52)90-69(100)60(37-48-20-25-55(77)26-21-48)88-68(99)59(85-47(4)95)39-50-19-24-53-15-5-6-16-54(53)36-50/h5-6,9-10,13-16,19-30,36,42-43,45-46,57-65,94,96H,7-8,11-12,17-18,31-35,37-41,44H2,1-4H3,(H2,78,97)(H,84,105)(H,85,95)(H,86,98)(H,87,102)(H,88,99)(H,89,101)(H,90,100)(H,91,104)(H,92,103)(H2,81,82,83)/t46-,57+,58+,59-,60-,61+,62-,63-,64+,65+/m1/s1. The van der Waals surface area contributed by atoms with Gasteiger partial charge in [-0.1, -0.05) is 104 Å². The fourth-order valence-corrected chi connectivity index (χ4v) is 12.5. The second-order valence-electron chi connectivity index (χ2n) is 27.0. The largest absolute Gasteiger partial charge is 0.508 e. The number of hydrogen-bond acceptors (Lipinski definition) is 18. The number of halogens is 1. The van der Waals surface area contributed by atoms with Gasteiger partial charge in [0.2, 0.25) is 65.0 Å². The summed E-state index contributed by atoms with van der Waals surface area (Å²) in [6, 6.07) is 18.4. The van der Waals surface area contributed by atoms with Crippen molar-refractivity contribution in [2.24, 2.45) is 16.6 Å². The lowest BCUT2D eigenvalue weighted by Gasteiger charge is -2.31. The highest BCUT2D eigenvalue weighted by Gasteiger charge is 2.40. The van der Waals surface area contributed by atoms with Crippen molar-refractivity contribution in [1.82, 2.24) is 73.4 Å². The van der Waals surface area contributed by atoms with E-state index in [0.717, 1.165) is 23.7 Å². The minimum atomic E-state index is -1.82. The molecule has 29 nitrogen and oxygen atoms in total. The summed E-state index contributed by atoms with van der Waals surface area (Å²) in [4.78, 5) is 171. The van der Waals surface area contributed by atoms with Crippen molar-refractivity contribution in [2.75, 3.05) is 32.8 Å². The number of fused-ring (bicyclic) bond motifs is 1. The van der Waals surface area contributed by atoms with E-state index in [2.05, 4.69) is 73.4 Å². The molecule has 11 amide bonds. The molecule has 30 heteroatoms. The highest BCUT2D eigenvalue weighted by atomic mass is 35.5. The van der Waals surface area contributed by atoms with Gasteiger partial charge in [-0.2, -0.15) is 0 Å². The SMILES string of the molecule is CC(=O)N[C@H](Cc1ccc2ccccc2c1)C(=O)N[C@H](Cc1ccc(Cl)cc1)C(=O)N[C@H](Cc1cccnc1)C(=O)N[C@@H](CO)C(=O)N[C@@H](Cc1ccc(O)cc1)C(=O)N[C@H](Cc1cccnc1)C(=O)N[C@@H](CC(C)C)C(=O)N[C@@H](CCCCNC1=NCCCN1)C(=O)N1CCC[C@H]1C(=O)N[C@H](C)C(N)=O. The Balaban J connectivity index is 1.02. The number of aliphatic hydroxyl groups excluding tert-OH is 1. The minimum absolute atomic E-state index is 0.0384. The van der Waals surface area contributed by atoms with Gasteiger partial charge in [0.15, 0.2) is 5.96 Å². The Morgan fingerprint density at radius 1 is 0.557 bits per heavy atom. The number of benzene rings is 4. The molecule has 0 unspecified atom stereocenters. The van der Waals surface area contributed by atoms with Crippen LogP contribution in [-0.2, 0) is 84.8 Å². The van der Waals surface area contributed by atoms with Gasteiger partial charge in [-0.25, -0.2) is 0 Å². The van der Waals surface area contributed by atoms with Crippen LogP contribution in [0.2, 0.25) is 5.02 Å². The maximum atomic E-state index is 15.1. The van der Waals surface area contributed by atoms with Crippen LogP contribution in [0, 0.1) is 5.92 Å². The number of aliphatic hydroxyl groups is 1. The Kier molecular flexibility index (Phi) is 30.6. The molecule has 564 valence electrons.